The minimum Gasteiger partial charge on any atom is -0.379 e. The van der Waals surface area contributed by atoms with Crippen LogP contribution in [0.2, 0.25) is 0 Å². The highest BCUT2D eigenvalue weighted by molar-refractivity contribution is 5.78. The van der Waals surface area contributed by atoms with E-state index < -0.39 is 0 Å². The van der Waals surface area contributed by atoms with Gasteiger partial charge in [-0.1, -0.05) is 6.42 Å². The molecule has 1 N–H and O–H groups in total. The third-order valence-corrected chi connectivity index (χ3v) is 5.03. The van der Waals surface area contributed by atoms with Gasteiger partial charge in [-0.15, -0.1) is 0 Å². The first-order valence-electron chi connectivity index (χ1n) is 9.27. The Morgan fingerprint density at radius 3 is 2.88 bits per heavy atom. The molecule has 6 heteroatoms. The predicted molar refractivity (Wildman–Crippen MR) is 95.0 cm³/mol. The normalized spacial score (nSPS) is 24.1. The minimum absolute atomic E-state index is 0.0179. The van der Waals surface area contributed by atoms with Gasteiger partial charge in [0.25, 0.3) is 0 Å². The van der Waals surface area contributed by atoms with Crippen molar-refractivity contribution in [1.82, 2.24) is 15.2 Å². The van der Waals surface area contributed by atoms with E-state index in [4.69, 9.17) is 9.47 Å². The molecule has 2 aliphatic rings. The lowest BCUT2D eigenvalue weighted by molar-refractivity contribution is -0.127. The lowest BCUT2D eigenvalue weighted by atomic mass is 9.86. The van der Waals surface area contributed by atoms with Crippen LogP contribution in [0.3, 0.4) is 0 Å². The Labute approximate surface area is 149 Å². The summed E-state index contributed by atoms with van der Waals surface area (Å²) < 4.78 is 11.6. The van der Waals surface area contributed by atoms with E-state index in [2.05, 4.69) is 10.3 Å². The van der Waals surface area contributed by atoms with E-state index in [-0.39, 0.29) is 18.1 Å². The summed E-state index contributed by atoms with van der Waals surface area (Å²) in [6.45, 7) is 3.14. The Morgan fingerprint density at radius 1 is 1.36 bits per heavy atom. The van der Waals surface area contributed by atoms with Gasteiger partial charge in [0.05, 0.1) is 25.3 Å². The number of pyridine rings is 1. The maximum Gasteiger partial charge on any atom is 0.234 e. The zero-order valence-electron chi connectivity index (χ0n) is 15.0. The molecule has 1 aromatic rings. The molecule has 1 aliphatic heterocycles. The molecule has 0 spiro atoms. The van der Waals surface area contributed by atoms with Crippen molar-refractivity contribution in [2.24, 2.45) is 5.92 Å². The monoisotopic (exact) mass is 347 g/mol. The van der Waals surface area contributed by atoms with Crippen LogP contribution in [0.5, 0.6) is 0 Å². The van der Waals surface area contributed by atoms with Crippen LogP contribution in [0.25, 0.3) is 0 Å². The predicted octanol–water partition coefficient (Wildman–Crippen LogP) is 1.60. The number of aromatic nitrogens is 1. The van der Waals surface area contributed by atoms with Crippen LogP contribution in [-0.4, -0.2) is 61.3 Å². The van der Waals surface area contributed by atoms with Gasteiger partial charge < -0.3 is 14.8 Å². The van der Waals surface area contributed by atoms with Crippen LogP contribution < -0.4 is 5.32 Å². The van der Waals surface area contributed by atoms with Gasteiger partial charge >= 0.3 is 0 Å². The first kappa shape index (κ1) is 18.3. The van der Waals surface area contributed by atoms with Gasteiger partial charge in [0, 0.05) is 32.2 Å². The van der Waals surface area contributed by atoms with Crippen LogP contribution in [0, 0.1) is 5.92 Å². The molecular formula is C19H29N3O3. The van der Waals surface area contributed by atoms with Gasteiger partial charge in [0.2, 0.25) is 5.91 Å². The van der Waals surface area contributed by atoms with Gasteiger partial charge in [-0.05, 0) is 49.9 Å². The van der Waals surface area contributed by atoms with E-state index >= 15 is 0 Å². The molecule has 25 heavy (non-hydrogen) atoms. The maximum absolute atomic E-state index is 12.4. The number of amides is 1. The van der Waals surface area contributed by atoms with Crippen molar-refractivity contribution in [3.8, 4) is 0 Å². The molecule has 0 radical (unpaired) electrons. The van der Waals surface area contributed by atoms with Crippen molar-refractivity contribution >= 4 is 5.91 Å². The highest BCUT2D eigenvalue weighted by atomic mass is 16.5. The SMILES string of the molecule is CN(CC(=O)N[C@@H]1COCC[C@@H]1OCC1CCC1)Cc1ccncc1. The summed E-state index contributed by atoms with van der Waals surface area (Å²) in [6, 6.07) is 3.89. The van der Waals surface area contributed by atoms with Gasteiger partial charge in [0.1, 0.15) is 0 Å². The molecule has 0 aromatic carbocycles. The van der Waals surface area contributed by atoms with Crippen molar-refractivity contribution in [3.63, 3.8) is 0 Å². The summed E-state index contributed by atoms with van der Waals surface area (Å²) in [4.78, 5) is 18.4. The molecule has 1 aromatic heterocycles. The van der Waals surface area contributed by atoms with E-state index in [1.807, 2.05) is 24.1 Å². The van der Waals surface area contributed by atoms with E-state index in [9.17, 15) is 4.79 Å². The summed E-state index contributed by atoms with van der Waals surface area (Å²) in [5.41, 5.74) is 1.15. The molecule has 6 nitrogen and oxygen atoms in total. The Morgan fingerprint density at radius 2 is 2.16 bits per heavy atom. The molecule has 2 heterocycles. The van der Waals surface area contributed by atoms with Crippen LogP contribution in [0.4, 0.5) is 0 Å². The number of hydrogen-bond acceptors (Lipinski definition) is 5. The standard InChI is InChI=1S/C19H29N3O3/c1-22(11-15-5-8-20-9-6-15)12-19(23)21-17-14-24-10-7-18(17)25-13-16-3-2-4-16/h5-6,8-9,16-18H,2-4,7,10-14H2,1H3,(H,21,23)/t17-,18+/m1/s1. The van der Waals surface area contributed by atoms with Crippen LogP contribution in [-0.2, 0) is 20.8 Å². The largest absolute Gasteiger partial charge is 0.379 e. The molecule has 1 amide bonds. The number of nitrogens with zero attached hydrogens (tertiary/aromatic N) is 2. The third-order valence-electron chi connectivity index (χ3n) is 5.03. The summed E-state index contributed by atoms with van der Waals surface area (Å²) in [5.74, 6) is 0.731. The van der Waals surface area contributed by atoms with Gasteiger partial charge in [-0.25, -0.2) is 0 Å². The zero-order chi connectivity index (χ0) is 17.5. The topological polar surface area (TPSA) is 63.7 Å². The summed E-state index contributed by atoms with van der Waals surface area (Å²) in [7, 11) is 1.95. The smallest absolute Gasteiger partial charge is 0.234 e. The first-order chi connectivity index (χ1) is 12.2. The Hall–Kier alpha value is -1.50. The highest BCUT2D eigenvalue weighted by Crippen LogP contribution is 2.27. The molecule has 0 unspecified atom stereocenters. The first-order valence-corrected chi connectivity index (χ1v) is 9.27. The summed E-state index contributed by atoms with van der Waals surface area (Å²) in [6.07, 6.45) is 8.35. The van der Waals surface area contributed by atoms with Crippen LogP contribution in [0.1, 0.15) is 31.2 Å². The second-order valence-corrected chi connectivity index (χ2v) is 7.23. The fourth-order valence-corrected chi connectivity index (χ4v) is 3.32. The lowest BCUT2D eigenvalue weighted by Crippen LogP contribution is -2.52. The van der Waals surface area contributed by atoms with Gasteiger partial charge in [-0.3, -0.25) is 14.7 Å². The van der Waals surface area contributed by atoms with Crippen molar-refractivity contribution < 1.29 is 14.3 Å². The molecule has 138 valence electrons. The fourth-order valence-electron chi connectivity index (χ4n) is 3.32. The number of carbonyl (C=O) groups excluding carboxylic acids is 1. The Kier molecular flexibility index (Phi) is 6.78. The van der Waals surface area contributed by atoms with Crippen molar-refractivity contribution in [2.45, 2.75) is 44.4 Å². The molecular weight excluding hydrogens is 318 g/mol. The molecule has 0 bridgehead atoms. The number of nitrogens with one attached hydrogen (secondary N) is 1. The maximum atomic E-state index is 12.4. The average Bonchev–Trinajstić information content (AvgIpc) is 2.55. The second-order valence-electron chi connectivity index (χ2n) is 7.23. The number of rotatable bonds is 8. The van der Waals surface area contributed by atoms with E-state index in [0.29, 0.717) is 25.7 Å². The third kappa shape index (κ3) is 5.76. The molecule has 2 fully saturated rings. The number of carbonyl (C=O) groups is 1. The minimum atomic E-state index is -0.0457. The highest BCUT2D eigenvalue weighted by Gasteiger charge is 2.29. The van der Waals surface area contributed by atoms with Crippen LogP contribution in [0.15, 0.2) is 24.5 Å². The number of ether oxygens (including phenoxy) is 2. The Bertz CT molecular complexity index is 536. The molecule has 1 saturated carbocycles. The Balaban J connectivity index is 1.42. The zero-order valence-corrected chi connectivity index (χ0v) is 15.0. The molecule has 1 aliphatic carbocycles. The lowest BCUT2D eigenvalue weighted by Gasteiger charge is -2.35. The molecule has 3 rings (SSSR count). The van der Waals surface area contributed by atoms with Crippen molar-refractivity contribution in [1.29, 1.82) is 0 Å². The van der Waals surface area contributed by atoms with E-state index in [1.165, 1.54) is 19.3 Å². The van der Waals surface area contributed by atoms with Crippen LogP contribution >= 0.6 is 0 Å². The van der Waals surface area contributed by atoms with E-state index in [1.54, 1.807) is 12.4 Å². The van der Waals surface area contributed by atoms with Crippen molar-refractivity contribution in [3.05, 3.63) is 30.1 Å². The van der Waals surface area contributed by atoms with Crippen molar-refractivity contribution in [2.75, 3.05) is 33.4 Å². The summed E-state index contributed by atoms with van der Waals surface area (Å²) in [5, 5.41) is 3.10. The second kappa shape index (κ2) is 9.27. The quantitative estimate of drug-likeness (QED) is 0.774. The van der Waals surface area contributed by atoms with Gasteiger partial charge in [-0.2, -0.15) is 0 Å². The number of hydrogen-bond donors (Lipinski definition) is 1. The number of likely N-dealkylation sites (N-methyl/N-ethyl adjacent to an activating group) is 1. The summed E-state index contributed by atoms with van der Waals surface area (Å²) >= 11 is 0. The van der Waals surface area contributed by atoms with E-state index in [0.717, 1.165) is 25.1 Å². The molecule has 1 saturated heterocycles. The average molecular weight is 347 g/mol. The fraction of sp³-hybridized carbons (Fsp3) is 0.684. The molecule has 2 atom stereocenters. The van der Waals surface area contributed by atoms with Gasteiger partial charge in [0.15, 0.2) is 0 Å².